The molecule has 7 heteroatoms. The van der Waals surface area contributed by atoms with E-state index in [1.165, 1.54) is 12.7 Å². The van der Waals surface area contributed by atoms with Gasteiger partial charge in [0.25, 0.3) is 0 Å². The molecule has 0 fully saturated rings. The first-order valence-electron chi connectivity index (χ1n) is 15.7. The molecule has 0 saturated heterocycles. The highest BCUT2D eigenvalue weighted by atomic mass is 35.5. The van der Waals surface area contributed by atoms with Crippen molar-refractivity contribution in [2.24, 2.45) is 0 Å². The number of carbonyl (C=O) groups is 1. The number of nitrogens with zero attached hydrogens (tertiary/aromatic N) is 2. The zero-order chi connectivity index (χ0) is 33.8. The molecule has 0 aliphatic carbocycles. The first-order valence-corrected chi connectivity index (χ1v) is 16.5. The van der Waals surface area contributed by atoms with Crippen molar-refractivity contribution in [2.75, 3.05) is 7.11 Å². The standard InChI is InChI=1S/C41H36Cl2N2O3/c1-41(2,3)32-15-20-35(21-16-32)48-34-18-13-30(14-19-34)29-9-5-27(6-10-29)23-39-44-38(36-22-17-33(42)24-37(36)43)26-45(39)25-28-7-11-31(12-8-28)40(46)47-4/h5-22,24,26H,23,25H2,1-4H3. The molecule has 0 N–H and O–H groups in total. The van der Waals surface area contributed by atoms with E-state index in [9.17, 15) is 4.79 Å². The number of esters is 1. The smallest absolute Gasteiger partial charge is 0.337 e. The predicted molar refractivity (Wildman–Crippen MR) is 194 cm³/mol. The van der Waals surface area contributed by atoms with Gasteiger partial charge in [0.05, 0.1) is 23.4 Å². The highest BCUT2D eigenvalue weighted by Gasteiger charge is 2.15. The van der Waals surface area contributed by atoms with Crippen molar-refractivity contribution in [3.05, 3.63) is 160 Å². The summed E-state index contributed by atoms with van der Waals surface area (Å²) in [4.78, 5) is 16.9. The number of imidazole rings is 1. The van der Waals surface area contributed by atoms with Crippen molar-refractivity contribution in [1.82, 2.24) is 9.55 Å². The normalized spacial score (nSPS) is 11.4. The van der Waals surface area contributed by atoms with Gasteiger partial charge >= 0.3 is 5.97 Å². The number of hydrogen-bond donors (Lipinski definition) is 0. The third-order valence-corrected chi connectivity index (χ3v) is 8.80. The third kappa shape index (κ3) is 7.82. The maximum atomic E-state index is 11.9. The topological polar surface area (TPSA) is 53.4 Å². The largest absolute Gasteiger partial charge is 0.465 e. The molecular weight excluding hydrogens is 639 g/mol. The van der Waals surface area contributed by atoms with Crippen molar-refractivity contribution >= 4 is 29.2 Å². The van der Waals surface area contributed by atoms with Crippen LogP contribution in [-0.4, -0.2) is 22.6 Å². The zero-order valence-corrected chi connectivity index (χ0v) is 28.8. The molecule has 0 atom stereocenters. The van der Waals surface area contributed by atoms with Gasteiger partial charge in [-0.1, -0.05) is 105 Å². The average molecular weight is 676 g/mol. The first kappa shape index (κ1) is 33.1. The number of rotatable bonds is 9. The summed E-state index contributed by atoms with van der Waals surface area (Å²) in [5.74, 6) is 2.14. The zero-order valence-electron chi connectivity index (χ0n) is 27.3. The molecule has 5 aromatic carbocycles. The molecule has 6 rings (SSSR count). The van der Waals surface area contributed by atoms with Crippen LogP contribution in [0.2, 0.25) is 10.0 Å². The number of aromatic nitrogens is 2. The van der Waals surface area contributed by atoms with Crippen molar-refractivity contribution < 1.29 is 14.3 Å². The van der Waals surface area contributed by atoms with Crippen molar-refractivity contribution in [3.8, 4) is 33.9 Å². The Balaban J connectivity index is 1.19. The monoisotopic (exact) mass is 674 g/mol. The molecule has 0 aliphatic rings. The molecule has 0 unspecified atom stereocenters. The number of hydrogen-bond acceptors (Lipinski definition) is 4. The van der Waals surface area contributed by atoms with E-state index in [0.717, 1.165) is 50.8 Å². The Morgan fingerprint density at radius 1 is 0.750 bits per heavy atom. The summed E-state index contributed by atoms with van der Waals surface area (Å²) >= 11 is 12.7. The lowest BCUT2D eigenvalue weighted by Gasteiger charge is -2.19. The van der Waals surface area contributed by atoms with E-state index in [1.807, 2.05) is 54.7 Å². The second kappa shape index (κ2) is 14.1. The van der Waals surface area contributed by atoms with E-state index >= 15 is 0 Å². The third-order valence-electron chi connectivity index (χ3n) is 8.25. The minimum Gasteiger partial charge on any atom is -0.465 e. The Morgan fingerprint density at radius 2 is 1.33 bits per heavy atom. The van der Waals surface area contributed by atoms with Crippen LogP contribution in [0.25, 0.3) is 22.4 Å². The fraction of sp³-hybridized carbons (Fsp3) is 0.171. The highest BCUT2D eigenvalue weighted by molar-refractivity contribution is 6.36. The van der Waals surface area contributed by atoms with Crippen LogP contribution in [0.3, 0.4) is 0 Å². The molecule has 0 radical (unpaired) electrons. The van der Waals surface area contributed by atoms with E-state index in [1.54, 1.807) is 18.2 Å². The van der Waals surface area contributed by atoms with Gasteiger partial charge in [-0.25, -0.2) is 9.78 Å². The van der Waals surface area contributed by atoms with Gasteiger partial charge in [0, 0.05) is 29.7 Å². The molecule has 6 aromatic rings. The van der Waals surface area contributed by atoms with Crippen LogP contribution < -0.4 is 4.74 Å². The summed E-state index contributed by atoms with van der Waals surface area (Å²) in [7, 11) is 1.38. The second-order valence-electron chi connectivity index (χ2n) is 12.8. The van der Waals surface area contributed by atoms with Crippen molar-refractivity contribution in [1.29, 1.82) is 0 Å². The Morgan fingerprint density at radius 3 is 1.92 bits per heavy atom. The van der Waals surface area contributed by atoms with Crippen LogP contribution in [0.5, 0.6) is 11.5 Å². The summed E-state index contributed by atoms with van der Waals surface area (Å²) in [6.45, 7) is 7.18. The summed E-state index contributed by atoms with van der Waals surface area (Å²) in [6, 6.07) is 37.8. The summed E-state index contributed by atoms with van der Waals surface area (Å²) in [5, 5.41) is 1.11. The van der Waals surface area contributed by atoms with Crippen LogP contribution in [0.1, 0.15) is 53.6 Å². The van der Waals surface area contributed by atoms with Gasteiger partial charge in [0.2, 0.25) is 0 Å². The molecule has 1 aromatic heterocycles. The average Bonchev–Trinajstić information content (AvgIpc) is 3.46. The van der Waals surface area contributed by atoms with E-state index in [-0.39, 0.29) is 11.4 Å². The van der Waals surface area contributed by atoms with Gasteiger partial charge in [-0.05, 0) is 87.8 Å². The highest BCUT2D eigenvalue weighted by Crippen LogP contribution is 2.32. The van der Waals surface area contributed by atoms with Crippen LogP contribution >= 0.6 is 23.2 Å². The Bertz CT molecular complexity index is 2030. The van der Waals surface area contributed by atoms with E-state index in [4.69, 9.17) is 37.7 Å². The van der Waals surface area contributed by atoms with Crippen LogP contribution in [0, 0.1) is 0 Å². The molecule has 0 saturated carbocycles. The summed E-state index contributed by atoms with van der Waals surface area (Å²) < 4.78 is 13.1. The summed E-state index contributed by atoms with van der Waals surface area (Å²) in [6.07, 6.45) is 2.63. The second-order valence-corrected chi connectivity index (χ2v) is 13.6. The predicted octanol–water partition coefficient (Wildman–Crippen LogP) is 11.0. The van der Waals surface area contributed by atoms with Crippen molar-refractivity contribution in [2.45, 2.75) is 39.2 Å². The molecule has 242 valence electrons. The van der Waals surface area contributed by atoms with E-state index in [2.05, 4.69) is 73.9 Å². The molecule has 48 heavy (non-hydrogen) atoms. The lowest BCUT2D eigenvalue weighted by Crippen LogP contribution is -2.10. The number of ether oxygens (including phenoxy) is 2. The SMILES string of the molecule is COC(=O)c1ccc(Cn2cc(-c3ccc(Cl)cc3Cl)nc2Cc2ccc(-c3ccc(Oc4ccc(C(C)(C)C)cc4)cc3)cc2)cc1. The van der Waals surface area contributed by atoms with E-state index in [0.29, 0.717) is 28.6 Å². The number of benzene rings is 5. The van der Waals surface area contributed by atoms with Gasteiger partial charge in [-0.3, -0.25) is 0 Å². The Labute approximate surface area is 291 Å². The van der Waals surface area contributed by atoms with Gasteiger partial charge < -0.3 is 14.0 Å². The lowest BCUT2D eigenvalue weighted by atomic mass is 9.87. The molecule has 0 bridgehead atoms. The maximum absolute atomic E-state index is 11.9. The fourth-order valence-corrected chi connectivity index (χ4v) is 6.00. The van der Waals surface area contributed by atoms with Gasteiger partial charge in [0.1, 0.15) is 17.3 Å². The molecule has 5 nitrogen and oxygen atoms in total. The van der Waals surface area contributed by atoms with Crippen LogP contribution in [-0.2, 0) is 23.1 Å². The molecule has 1 heterocycles. The lowest BCUT2D eigenvalue weighted by molar-refractivity contribution is 0.0600. The van der Waals surface area contributed by atoms with Gasteiger partial charge in [0.15, 0.2) is 0 Å². The number of halogens is 2. The minimum atomic E-state index is -0.362. The Hall–Kier alpha value is -4.84. The summed E-state index contributed by atoms with van der Waals surface area (Å²) in [5.41, 5.74) is 7.83. The van der Waals surface area contributed by atoms with Gasteiger partial charge in [-0.15, -0.1) is 0 Å². The molecule has 0 amide bonds. The van der Waals surface area contributed by atoms with Crippen LogP contribution in [0.4, 0.5) is 0 Å². The fourth-order valence-electron chi connectivity index (χ4n) is 5.49. The molecule has 0 spiro atoms. The molecular formula is C41H36Cl2N2O3. The molecule has 0 aliphatic heterocycles. The number of methoxy groups -OCH3 is 1. The first-order chi connectivity index (χ1) is 23.1. The van der Waals surface area contributed by atoms with E-state index < -0.39 is 0 Å². The number of carbonyl (C=O) groups excluding carboxylic acids is 1. The van der Waals surface area contributed by atoms with Gasteiger partial charge in [-0.2, -0.15) is 0 Å². The van der Waals surface area contributed by atoms with Crippen LogP contribution in [0.15, 0.2) is 121 Å². The van der Waals surface area contributed by atoms with Crippen molar-refractivity contribution in [3.63, 3.8) is 0 Å². The Kier molecular flexibility index (Phi) is 9.72. The minimum absolute atomic E-state index is 0.103. The maximum Gasteiger partial charge on any atom is 0.337 e. The quantitative estimate of drug-likeness (QED) is 0.143.